The van der Waals surface area contributed by atoms with Crippen LogP contribution in [0.2, 0.25) is 0 Å². The second-order valence-corrected chi connectivity index (χ2v) is 38.0. The van der Waals surface area contributed by atoms with E-state index in [1.54, 1.807) is 0 Å². The number of furan rings is 4. The van der Waals surface area contributed by atoms with E-state index in [4.69, 9.17) is 47.6 Å². The Morgan fingerprint density at radius 2 is 0.395 bits per heavy atom. The maximum absolute atomic E-state index is 6.34. The number of thiophene rings is 1. The van der Waals surface area contributed by atoms with Gasteiger partial charge < -0.3 is 17.7 Å². The summed E-state index contributed by atoms with van der Waals surface area (Å²) in [5, 5.41) is 13.9. The van der Waals surface area contributed by atoms with Crippen LogP contribution in [-0.2, 0) is 0 Å². The van der Waals surface area contributed by atoms with Crippen molar-refractivity contribution in [3.05, 3.63) is 510 Å². The molecule has 0 aliphatic heterocycles. The number of rotatable bonds is 15. The predicted molar refractivity (Wildman–Crippen MR) is 607 cm³/mol. The van der Waals surface area contributed by atoms with Gasteiger partial charge in [-0.2, -0.15) is 0 Å². The van der Waals surface area contributed by atoms with E-state index in [9.17, 15) is 0 Å². The van der Waals surface area contributed by atoms with Crippen molar-refractivity contribution in [3.63, 3.8) is 0 Å². The number of para-hydroxylation sites is 5. The molecule has 0 unspecified atom stereocenters. The maximum atomic E-state index is 6.34. The molecule has 0 saturated heterocycles. The molecule has 10 nitrogen and oxygen atoms in total. The highest BCUT2D eigenvalue weighted by Crippen LogP contribution is 2.46. The van der Waals surface area contributed by atoms with Gasteiger partial charge in [-0.25, -0.2) is 29.9 Å². The van der Waals surface area contributed by atoms with Gasteiger partial charge in [0, 0.05) is 119 Å². The lowest BCUT2D eigenvalue weighted by Gasteiger charge is -2.11. The Hall–Kier alpha value is -19.5. The molecule has 8 aromatic heterocycles. The normalized spacial score (nSPS) is 11.5. The van der Waals surface area contributed by atoms with Gasteiger partial charge in [0.25, 0.3) is 0 Å². The van der Waals surface area contributed by atoms with Crippen LogP contribution in [0.3, 0.4) is 0 Å². The number of hydrogen-bond acceptors (Lipinski definition) is 11. The lowest BCUT2D eigenvalue weighted by atomic mass is 9.97. The summed E-state index contributed by atoms with van der Waals surface area (Å²) >= 11 is 1.86. The van der Waals surface area contributed by atoms with Gasteiger partial charge in [-0.3, -0.25) is 0 Å². The fraction of sp³-hybridized carbons (Fsp3) is 0. The van der Waals surface area contributed by atoms with Gasteiger partial charge in [0.15, 0.2) is 17.5 Å². The summed E-state index contributed by atoms with van der Waals surface area (Å²) in [5.74, 6) is 1.96. The number of hydrogen-bond donors (Lipinski definition) is 0. The molecule has 0 atom stereocenters. The molecular formula is C136H84N6O4S. The van der Waals surface area contributed by atoms with Crippen molar-refractivity contribution in [3.8, 4) is 168 Å². The van der Waals surface area contributed by atoms with Crippen LogP contribution in [0.25, 0.3) is 287 Å². The van der Waals surface area contributed by atoms with Crippen molar-refractivity contribution in [1.82, 2.24) is 29.9 Å². The minimum absolute atomic E-state index is 0.642. The summed E-state index contributed by atoms with van der Waals surface area (Å²) in [4.78, 5) is 30.8. The van der Waals surface area contributed by atoms with Crippen LogP contribution >= 0.6 is 11.3 Å². The van der Waals surface area contributed by atoms with Gasteiger partial charge in [0.05, 0.1) is 34.2 Å². The first kappa shape index (κ1) is 86.6. The molecule has 0 aliphatic carbocycles. The topological polar surface area (TPSA) is 130 Å². The van der Waals surface area contributed by atoms with Crippen LogP contribution in [0.1, 0.15) is 0 Å². The second kappa shape index (κ2) is 37.2. The van der Waals surface area contributed by atoms with E-state index < -0.39 is 0 Å². The van der Waals surface area contributed by atoms with E-state index in [-0.39, 0.29) is 0 Å². The predicted octanol–water partition coefficient (Wildman–Crippen LogP) is 37.6. The Balaban J connectivity index is 0.000000109. The van der Waals surface area contributed by atoms with Gasteiger partial charge in [-0.1, -0.05) is 425 Å². The molecule has 688 valence electrons. The molecular weight excluding hydrogens is 1810 g/mol. The zero-order valence-corrected chi connectivity index (χ0v) is 80.0. The van der Waals surface area contributed by atoms with E-state index in [1.165, 1.54) is 81.0 Å². The molecule has 0 fully saturated rings. The molecule has 29 rings (SSSR count). The first-order valence-corrected chi connectivity index (χ1v) is 50.1. The molecule has 0 N–H and O–H groups in total. The average Bonchev–Trinajstić information content (AvgIpc) is 1.64. The molecule has 29 aromatic rings. The highest BCUT2D eigenvalue weighted by molar-refractivity contribution is 7.26. The summed E-state index contributed by atoms with van der Waals surface area (Å²) in [7, 11) is 0. The Morgan fingerprint density at radius 3 is 0.789 bits per heavy atom. The summed E-state index contributed by atoms with van der Waals surface area (Å²) in [6, 6.07) is 177. The third kappa shape index (κ3) is 16.6. The van der Waals surface area contributed by atoms with E-state index in [0.29, 0.717) is 17.5 Å². The quantitative estimate of drug-likeness (QED) is 0.0978. The van der Waals surface area contributed by atoms with Gasteiger partial charge in [0.1, 0.15) is 44.7 Å². The number of fused-ring (bicyclic) bond motifs is 16. The summed E-state index contributed by atoms with van der Waals surface area (Å²) in [6.07, 6.45) is 0. The van der Waals surface area contributed by atoms with E-state index >= 15 is 0 Å². The molecule has 0 spiro atoms. The molecule has 0 aliphatic rings. The third-order valence-corrected chi connectivity index (χ3v) is 29.2. The van der Waals surface area contributed by atoms with Gasteiger partial charge in [-0.05, 0) is 157 Å². The molecule has 0 amide bonds. The second-order valence-electron chi connectivity index (χ2n) is 37.0. The first-order valence-electron chi connectivity index (χ1n) is 49.3. The monoisotopic (exact) mass is 1900 g/mol. The van der Waals surface area contributed by atoms with Crippen molar-refractivity contribution in [2.75, 3.05) is 0 Å². The molecule has 11 heteroatoms. The molecule has 0 saturated carbocycles. The summed E-state index contributed by atoms with van der Waals surface area (Å²) in [5.41, 5.74) is 34.9. The molecule has 0 radical (unpaired) electrons. The fourth-order valence-electron chi connectivity index (χ4n) is 20.5. The number of benzene rings is 21. The number of nitrogens with zero attached hydrogens (tertiary/aromatic N) is 6. The zero-order chi connectivity index (χ0) is 97.2. The summed E-state index contributed by atoms with van der Waals surface area (Å²) in [6.45, 7) is 0. The minimum Gasteiger partial charge on any atom is -0.456 e. The maximum Gasteiger partial charge on any atom is 0.160 e. The van der Waals surface area contributed by atoms with Crippen LogP contribution in [0, 0.1) is 0 Å². The van der Waals surface area contributed by atoms with E-state index in [0.717, 1.165) is 189 Å². The first-order chi connectivity index (χ1) is 72.8. The highest BCUT2D eigenvalue weighted by Gasteiger charge is 2.23. The number of aromatic nitrogens is 6. The lowest BCUT2D eigenvalue weighted by molar-refractivity contribution is 0.668. The van der Waals surface area contributed by atoms with Crippen molar-refractivity contribution in [2.24, 2.45) is 0 Å². The standard InChI is InChI=1S/C46H28N2O2.C46H28N2OS.C44H28N2O/c1-2-9-29(10-3-1)30-17-21-32(22-18-30)40-28-41(48-46(47-40)34-25-26-38-36-11-4-6-15-42(36)49-44(38)27-34)33-23-19-31(20-24-33)35-13-8-14-39-37-12-5-7-16-43(37)50-45(35)39;1-2-9-29(10-3-1)30-17-21-32(22-18-30)40-28-41(48-46(47-40)34-25-26-37-36-11-4-6-15-42(36)49-43(37)27-34)33-23-19-31(20-24-33)35-13-8-14-39-38-12-5-7-16-44(38)50-45(35)39;1-2-9-29(10-3-1)30-17-21-33(22-18-30)40-28-41(34-23-19-32(20-24-34)37-15-8-12-31-11-4-5-13-36(31)37)46-44(45-40)35-25-26-39-38-14-6-7-16-42(38)47-43(39)27-35/h2*1-28H;1-28H. The Kier molecular flexibility index (Phi) is 21.9. The smallest absolute Gasteiger partial charge is 0.160 e. The van der Waals surface area contributed by atoms with Crippen molar-refractivity contribution >= 4 is 130 Å². The molecule has 21 aromatic carbocycles. The summed E-state index contributed by atoms with van der Waals surface area (Å²) < 4.78 is 27.7. The van der Waals surface area contributed by atoms with Crippen molar-refractivity contribution < 1.29 is 17.7 Å². The molecule has 0 bridgehead atoms. The SMILES string of the molecule is c1ccc(-c2ccc(-c3cc(-c4ccc(-c5cccc6c5oc5ccccc56)cc4)nc(-c4ccc5c(c4)oc4ccccc45)n3)cc2)cc1.c1ccc(-c2ccc(-c3cc(-c4ccc(-c5cccc6c5sc5ccccc56)cc4)nc(-c4ccc5c(c4)oc4ccccc45)n3)cc2)cc1.c1ccc(-c2ccc(-c3cc(-c4ccc(-c5cccc6ccccc56)cc4)nc(-c4ccc5c(c4)oc4ccccc45)n3)cc2)cc1. The van der Waals surface area contributed by atoms with Gasteiger partial charge in [-0.15, -0.1) is 11.3 Å². The lowest BCUT2D eigenvalue weighted by Crippen LogP contribution is -1.96. The third-order valence-electron chi connectivity index (χ3n) is 28.0. The van der Waals surface area contributed by atoms with Gasteiger partial charge >= 0.3 is 0 Å². The van der Waals surface area contributed by atoms with E-state index in [1.807, 2.05) is 102 Å². The average molecular weight is 1900 g/mol. The zero-order valence-electron chi connectivity index (χ0n) is 79.2. The molecule has 8 heterocycles. The van der Waals surface area contributed by atoms with Crippen molar-refractivity contribution in [2.45, 2.75) is 0 Å². The van der Waals surface area contributed by atoms with Crippen molar-refractivity contribution in [1.29, 1.82) is 0 Å². The van der Waals surface area contributed by atoms with Gasteiger partial charge in [0.2, 0.25) is 0 Å². The Labute approximate surface area is 849 Å². The van der Waals surface area contributed by atoms with Crippen LogP contribution < -0.4 is 0 Å². The highest BCUT2D eigenvalue weighted by atomic mass is 32.1. The largest absolute Gasteiger partial charge is 0.456 e. The fourth-order valence-corrected chi connectivity index (χ4v) is 21.7. The van der Waals surface area contributed by atoms with Crippen LogP contribution in [0.4, 0.5) is 0 Å². The van der Waals surface area contributed by atoms with Crippen LogP contribution in [0.15, 0.2) is 527 Å². The Morgan fingerprint density at radius 1 is 0.143 bits per heavy atom. The van der Waals surface area contributed by atoms with E-state index in [2.05, 4.69) is 419 Å². The molecule has 147 heavy (non-hydrogen) atoms. The van der Waals surface area contributed by atoms with Crippen LogP contribution in [0.5, 0.6) is 0 Å². The Bertz CT molecular complexity index is 9680. The van der Waals surface area contributed by atoms with Crippen LogP contribution in [-0.4, -0.2) is 29.9 Å². The minimum atomic E-state index is 0.642.